The van der Waals surface area contributed by atoms with Crippen LogP contribution >= 0.6 is 0 Å². The van der Waals surface area contributed by atoms with Crippen molar-refractivity contribution in [2.75, 3.05) is 32.6 Å². The maximum Gasteiger partial charge on any atom is 0.255 e. The van der Waals surface area contributed by atoms with Crippen LogP contribution in [0.1, 0.15) is 35.0 Å². The molecule has 1 saturated heterocycles. The molecular formula is C26H30FN7O3. The number of likely N-dealkylation sites (tertiary alicyclic amines) is 1. The second-order valence-corrected chi connectivity index (χ2v) is 8.85. The Balaban J connectivity index is 1.66. The Morgan fingerprint density at radius 3 is 2.81 bits per heavy atom. The number of ether oxygens (including phenoxy) is 1. The Morgan fingerprint density at radius 1 is 1.38 bits per heavy atom. The van der Waals surface area contributed by atoms with Crippen molar-refractivity contribution in [3.63, 3.8) is 0 Å². The van der Waals surface area contributed by atoms with Gasteiger partial charge in [-0.05, 0) is 43.4 Å². The van der Waals surface area contributed by atoms with Crippen LogP contribution in [0.15, 0.2) is 31.1 Å². The number of aryl methyl sites for hydroxylation is 1. The van der Waals surface area contributed by atoms with E-state index in [9.17, 15) is 9.59 Å². The summed E-state index contributed by atoms with van der Waals surface area (Å²) in [4.78, 5) is 30.6. The molecule has 1 aliphatic heterocycles. The fourth-order valence-corrected chi connectivity index (χ4v) is 4.87. The third kappa shape index (κ3) is 4.93. The molecule has 4 rings (SSSR count). The van der Waals surface area contributed by atoms with Gasteiger partial charge in [-0.1, -0.05) is 12.5 Å². The lowest BCUT2D eigenvalue weighted by Crippen LogP contribution is -2.37. The maximum atomic E-state index is 15.1. The van der Waals surface area contributed by atoms with Crippen molar-refractivity contribution in [2.24, 2.45) is 11.7 Å². The number of aromatic nitrogens is 4. The number of imidazole rings is 1. The molecule has 1 aromatic carbocycles. The minimum atomic E-state index is -0.704. The summed E-state index contributed by atoms with van der Waals surface area (Å²) in [5, 5.41) is 7.52. The van der Waals surface area contributed by atoms with Crippen LogP contribution in [0.3, 0.4) is 0 Å². The normalized spacial score (nSPS) is 17.0. The zero-order valence-corrected chi connectivity index (χ0v) is 21.1. The second kappa shape index (κ2) is 10.8. The molecule has 0 radical (unpaired) electrons. The van der Waals surface area contributed by atoms with Gasteiger partial charge in [0, 0.05) is 33.8 Å². The highest BCUT2D eigenvalue weighted by Gasteiger charge is 2.35. The molecular weight excluding hydrogens is 477 g/mol. The van der Waals surface area contributed by atoms with E-state index in [1.807, 2.05) is 11.5 Å². The Kier molecular flexibility index (Phi) is 7.59. The number of primary amides is 1. The van der Waals surface area contributed by atoms with Gasteiger partial charge in [-0.15, -0.1) is 0 Å². The Labute approximate surface area is 214 Å². The fourth-order valence-electron chi connectivity index (χ4n) is 4.87. The molecule has 1 aliphatic rings. The van der Waals surface area contributed by atoms with E-state index >= 15 is 4.39 Å². The number of anilines is 1. The van der Waals surface area contributed by atoms with E-state index in [0.29, 0.717) is 44.0 Å². The SMILES string of the molecule is C=CC(=O)N1C[C@@H](Cn2nc(C#Cc3ccc4c(ncn4CC)c3F)c(C(N)=O)c2NC)C[C@@H]1COC. The first kappa shape index (κ1) is 25.9. The topological polar surface area (TPSA) is 120 Å². The zero-order valence-electron chi connectivity index (χ0n) is 21.1. The van der Waals surface area contributed by atoms with Crippen LogP contribution in [0.2, 0.25) is 0 Å². The molecule has 3 aromatic rings. The van der Waals surface area contributed by atoms with Crippen molar-refractivity contribution < 1.29 is 18.7 Å². The summed E-state index contributed by atoms with van der Waals surface area (Å²) in [6, 6.07) is 3.26. The number of nitrogens with zero attached hydrogens (tertiary/aromatic N) is 5. The Bertz CT molecular complexity index is 1410. The number of halogens is 1. The summed E-state index contributed by atoms with van der Waals surface area (Å²) >= 11 is 0. The highest BCUT2D eigenvalue weighted by molar-refractivity contribution is 6.00. The van der Waals surface area contributed by atoms with E-state index < -0.39 is 11.7 Å². The molecule has 2 atom stereocenters. The van der Waals surface area contributed by atoms with Gasteiger partial charge in [0.15, 0.2) is 11.5 Å². The number of fused-ring (bicyclic) bond motifs is 1. The maximum absolute atomic E-state index is 15.1. The molecule has 37 heavy (non-hydrogen) atoms. The van der Waals surface area contributed by atoms with Crippen LogP contribution in [0.4, 0.5) is 10.2 Å². The number of carbonyl (C=O) groups is 2. The Morgan fingerprint density at radius 2 is 2.16 bits per heavy atom. The van der Waals surface area contributed by atoms with Gasteiger partial charge in [-0.2, -0.15) is 5.10 Å². The molecule has 194 valence electrons. The molecule has 10 nitrogen and oxygen atoms in total. The number of hydrogen-bond acceptors (Lipinski definition) is 6. The van der Waals surface area contributed by atoms with Gasteiger partial charge in [0.05, 0.1) is 30.1 Å². The number of amides is 2. The van der Waals surface area contributed by atoms with Crippen LogP contribution in [0.25, 0.3) is 11.0 Å². The molecule has 0 spiro atoms. The molecule has 0 aliphatic carbocycles. The molecule has 2 amide bonds. The first-order valence-corrected chi connectivity index (χ1v) is 12.0. The highest BCUT2D eigenvalue weighted by atomic mass is 19.1. The zero-order chi connectivity index (χ0) is 26.7. The number of hydrogen-bond donors (Lipinski definition) is 2. The van der Waals surface area contributed by atoms with E-state index in [1.54, 1.807) is 42.2 Å². The van der Waals surface area contributed by atoms with Gasteiger partial charge in [-0.25, -0.2) is 14.1 Å². The number of benzene rings is 1. The molecule has 0 bridgehead atoms. The van der Waals surface area contributed by atoms with Crippen LogP contribution < -0.4 is 11.1 Å². The average Bonchev–Trinajstić information content (AvgIpc) is 3.58. The Hall–Kier alpha value is -4.17. The number of rotatable bonds is 8. The van der Waals surface area contributed by atoms with Crippen molar-refractivity contribution in [3.05, 3.63) is 53.8 Å². The first-order chi connectivity index (χ1) is 17.8. The van der Waals surface area contributed by atoms with Crippen molar-refractivity contribution >= 4 is 28.7 Å². The first-order valence-electron chi connectivity index (χ1n) is 12.0. The molecule has 2 aromatic heterocycles. The van der Waals surface area contributed by atoms with Crippen molar-refractivity contribution in [2.45, 2.75) is 32.5 Å². The van der Waals surface area contributed by atoms with E-state index in [-0.39, 0.29) is 40.2 Å². The van der Waals surface area contributed by atoms with Gasteiger partial charge in [-0.3, -0.25) is 9.59 Å². The molecule has 0 unspecified atom stereocenters. The van der Waals surface area contributed by atoms with E-state index in [0.717, 1.165) is 0 Å². The predicted molar refractivity (Wildman–Crippen MR) is 137 cm³/mol. The van der Waals surface area contributed by atoms with Crippen LogP contribution in [0.5, 0.6) is 0 Å². The fraction of sp³-hybridized carbons (Fsp3) is 0.385. The van der Waals surface area contributed by atoms with Crippen LogP contribution in [-0.4, -0.2) is 69.4 Å². The van der Waals surface area contributed by atoms with Gasteiger partial charge in [0.1, 0.15) is 16.9 Å². The average molecular weight is 508 g/mol. The summed E-state index contributed by atoms with van der Waals surface area (Å²) < 4.78 is 23.8. The number of nitrogens with two attached hydrogens (primary N) is 1. The largest absolute Gasteiger partial charge is 0.383 e. The highest BCUT2D eigenvalue weighted by Crippen LogP contribution is 2.28. The van der Waals surface area contributed by atoms with E-state index in [4.69, 9.17) is 10.5 Å². The number of carbonyl (C=O) groups excluding carboxylic acids is 2. The standard InChI is InChI=1S/C26H30FN7O3/c1-5-21(35)33-12-16(11-18(33)14-37-4)13-34-26(29-3)22(25(28)36)19(31-34)9-7-17-8-10-20-24(23(17)27)30-15-32(20)6-2/h5,8,10,15-16,18,29H,1,6,11-14H2,2-4H3,(H2,28,36)/t16-,18+/m0/s1. The lowest BCUT2D eigenvalue weighted by molar-refractivity contribution is -0.127. The number of methoxy groups -OCH3 is 1. The summed E-state index contributed by atoms with van der Waals surface area (Å²) in [5.74, 6) is 4.67. The van der Waals surface area contributed by atoms with Gasteiger partial charge in [0.25, 0.3) is 5.91 Å². The molecule has 11 heteroatoms. The third-order valence-electron chi connectivity index (χ3n) is 6.57. The van der Waals surface area contributed by atoms with Crippen molar-refractivity contribution in [3.8, 4) is 11.8 Å². The predicted octanol–water partition coefficient (Wildman–Crippen LogP) is 1.98. The monoisotopic (exact) mass is 507 g/mol. The lowest BCUT2D eigenvalue weighted by atomic mass is 10.1. The minimum absolute atomic E-state index is 0.0473. The summed E-state index contributed by atoms with van der Waals surface area (Å²) in [6.07, 6.45) is 3.57. The van der Waals surface area contributed by atoms with Gasteiger partial charge in [0.2, 0.25) is 5.91 Å². The third-order valence-corrected chi connectivity index (χ3v) is 6.57. The van der Waals surface area contributed by atoms with Gasteiger partial charge >= 0.3 is 0 Å². The van der Waals surface area contributed by atoms with E-state index in [2.05, 4.69) is 33.8 Å². The second-order valence-electron chi connectivity index (χ2n) is 8.85. The van der Waals surface area contributed by atoms with Crippen LogP contribution in [-0.2, 0) is 22.6 Å². The smallest absolute Gasteiger partial charge is 0.255 e. The summed E-state index contributed by atoms with van der Waals surface area (Å²) in [5.41, 5.74) is 6.99. The molecule has 3 N–H and O–H groups in total. The minimum Gasteiger partial charge on any atom is -0.383 e. The van der Waals surface area contributed by atoms with Crippen molar-refractivity contribution in [1.29, 1.82) is 0 Å². The van der Waals surface area contributed by atoms with Crippen molar-refractivity contribution in [1.82, 2.24) is 24.2 Å². The molecule has 0 saturated carbocycles. The summed E-state index contributed by atoms with van der Waals surface area (Å²) in [6.45, 7) is 7.51. The summed E-state index contributed by atoms with van der Waals surface area (Å²) in [7, 11) is 3.25. The van der Waals surface area contributed by atoms with E-state index in [1.165, 1.54) is 6.08 Å². The number of nitrogens with one attached hydrogen (secondary N) is 1. The van der Waals surface area contributed by atoms with Gasteiger partial charge < -0.3 is 25.3 Å². The quantitative estimate of drug-likeness (QED) is 0.355. The molecule has 3 heterocycles. The lowest BCUT2D eigenvalue weighted by Gasteiger charge is -2.22. The van der Waals surface area contributed by atoms with Crippen LogP contribution in [0, 0.1) is 23.6 Å². The molecule has 1 fully saturated rings.